The Kier molecular flexibility index (Phi) is 3.57. The van der Waals surface area contributed by atoms with Crippen molar-refractivity contribution < 1.29 is 18.3 Å². The van der Waals surface area contributed by atoms with Crippen LogP contribution >= 0.6 is 0 Å². The van der Waals surface area contributed by atoms with Gasteiger partial charge in [-0.25, -0.2) is 0 Å². The Hall–Kier alpha value is -1.89. The van der Waals surface area contributed by atoms with E-state index in [1.807, 2.05) is 0 Å². The maximum atomic E-state index is 12.8. The lowest BCUT2D eigenvalue weighted by molar-refractivity contribution is -0.139. The minimum Gasteiger partial charge on any atom is -0.388 e. The molecule has 0 spiro atoms. The fraction of sp³-hybridized carbons (Fsp3) is 0.333. The number of aliphatic hydroxyl groups is 1. The van der Waals surface area contributed by atoms with Crippen molar-refractivity contribution in [3.05, 3.63) is 47.3 Å². The zero-order chi connectivity index (χ0) is 14.0. The summed E-state index contributed by atoms with van der Waals surface area (Å²) in [7, 11) is 1.65. The van der Waals surface area contributed by atoms with Gasteiger partial charge in [0.1, 0.15) is 0 Å². The smallest absolute Gasteiger partial charge is 0.388 e. The monoisotopic (exact) mass is 271 g/mol. The summed E-state index contributed by atoms with van der Waals surface area (Å²) in [6, 6.07) is 4.98. The maximum Gasteiger partial charge on any atom is 0.416 e. The number of nitrogens with zero attached hydrogens (tertiary/aromatic N) is 3. The number of aryl methyl sites for hydroxylation is 1. The first kappa shape index (κ1) is 13.5. The minimum absolute atomic E-state index is 0.0130. The lowest BCUT2D eigenvalue weighted by atomic mass is 9.99. The molecular formula is C12H12F3N3O. The van der Waals surface area contributed by atoms with Crippen LogP contribution in [0.2, 0.25) is 0 Å². The first-order valence-electron chi connectivity index (χ1n) is 5.57. The van der Waals surface area contributed by atoms with Crippen molar-refractivity contribution in [1.29, 1.82) is 0 Å². The highest BCUT2D eigenvalue weighted by Gasteiger charge is 2.34. The molecule has 0 aliphatic carbocycles. The Morgan fingerprint density at radius 3 is 2.58 bits per heavy atom. The molecule has 1 N–H and O–H groups in total. The molecule has 0 fully saturated rings. The van der Waals surface area contributed by atoms with Gasteiger partial charge in [0, 0.05) is 19.7 Å². The Labute approximate surface area is 107 Å². The molecule has 0 radical (unpaired) electrons. The summed E-state index contributed by atoms with van der Waals surface area (Å²) >= 11 is 0. The van der Waals surface area contributed by atoms with E-state index in [-0.39, 0.29) is 12.0 Å². The molecule has 0 bridgehead atoms. The summed E-state index contributed by atoms with van der Waals surface area (Å²) in [6.45, 7) is 0. The third kappa shape index (κ3) is 3.11. The van der Waals surface area contributed by atoms with E-state index in [2.05, 4.69) is 10.3 Å². The highest BCUT2D eigenvalue weighted by molar-refractivity contribution is 5.32. The van der Waals surface area contributed by atoms with Crippen LogP contribution in [-0.4, -0.2) is 20.1 Å². The van der Waals surface area contributed by atoms with Crippen LogP contribution in [0.15, 0.2) is 30.5 Å². The SMILES string of the molecule is Cn1cc(CC(O)c2ccccc2C(F)(F)F)nn1. The number of rotatable bonds is 3. The number of hydrogen-bond donors (Lipinski definition) is 1. The molecule has 2 aromatic rings. The van der Waals surface area contributed by atoms with Crippen molar-refractivity contribution in [3.8, 4) is 0 Å². The zero-order valence-electron chi connectivity index (χ0n) is 10.1. The van der Waals surface area contributed by atoms with E-state index in [0.717, 1.165) is 6.07 Å². The number of alkyl halides is 3. The molecule has 1 heterocycles. The molecule has 7 heteroatoms. The van der Waals surface area contributed by atoms with Gasteiger partial charge in [0.25, 0.3) is 0 Å². The fourth-order valence-electron chi connectivity index (χ4n) is 1.84. The Morgan fingerprint density at radius 2 is 2.00 bits per heavy atom. The lowest BCUT2D eigenvalue weighted by Crippen LogP contribution is -2.13. The van der Waals surface area contributed by atoms with Crippen LogP contribution in [0.25, 0.3) is 0 Å². The van der Waals surface area contributed by atoms with Gasteiger partial charge in [-0.2, -0.15) is 13.2 Å². The average Bonchev–Trinajstić information content (AvgIpc) is 2.73. The van der Waals surface area contributed by atoms with Gasteiger partial charge in [-0.3, -0.25) is 4.68 Å². The predicted octanol–water partition coefficient (Wildman–Crippen LogP) is 2.11. The van der Waals surface area contributed by atoms with Gasteiger partial charge >= 0.3 is 6.18 Å². The molecule has 102 valence electrons. The second-order valence-electron chi connectivity index (χ2n) is 4.19. The molecule has 19 heavy (non-hydrogen) atoms. The van der Waals surface area contributed by atoms with Crippen LogP contribution in [0.4, 0.5) is 13.2 Å². The Morgan fingerprint density at radius 1 is 1.32 bits per heavy atom. The van der Waals surface area contributed by atoms with Gasteiger partial charge in [0.2, 0.25) is 0 Å². The Bertz CT molecular complexity index is 565. The van der Waals surface area contributed by atoms with E-state index in [0.29, 0.717) is 5.69 Å². The van der Waals surface area contributed by atoms with E-state index < -0.39 is 17.8 Å². The number of aromatic nitrogens is 3. The molecule has 0 saturated carbocycles. The maximum absolute atomic E-state index is 12.8. The predicted molar refractivity (Wildman–Crippen MR) is 61.1 cm³/mol. The van der Waals surface area contributed by atoms with Crippen molar-refractivity contribution in [3.63, 3.8) is 0 Å². The van der Waals surface area contributed by atoms with Crippen LogP contribution in [-0.2, 0) is 19.6 Å². The second kappa shape index (κ2) is 5.00. The standard InChI is InChI=1S/C12H12F3N3O/c1-18-7-8(16-17-18)6-11(19)9-4-2-3-5-10(9)12(13,14)15/h2-5,7,11,19H,6H2,1H3. The number of halogens is 3. The van der Waals surface area contributed by atoms with Crippen LogP contribution < -0.4 is 0 Å². The van der Waals surface area contributed by atoms with Gasteiger partial charge in [-0.1, -0.05) is 23.4 Å². The fourth-order valence-corrected chi connectivity index (χ4v) is 1.84. The molecule has 1 atom stereocenters. The second-order valence-corrected chi connectivity index (χ2v) is 4.19. The van der Waals surface area contributed by atoms with Crippen LogP contribution in [0.1, 0.15) is 22.9 Å². The molecule has 1 unspecified atom stereocenters. The van der Waals surface area contributed by atoms with Gasteiger partial charge in [-0.15, -0.1) is 5.10 Å². The van der Waals surface area contributed by atoms with Crippen molar-refractivity contribution in [2.24, 2.45) is 7.05 Å². The van der Waals surface area contributed by atoms with E-state index in [1.54, 1.807) is 13.2 Å². The highest BCUT2D eigenvalue weighted by atomic mass is 19.4. The summed E-state index contributed by atoms with van der Waals surface area (Å²) < 4.78 is 39.9. The number of aliphatic hydroxyl groups excluding tert-OH is 1. The molecule has 1 aromatic carbocycles. The minimum atomic E-state index is -4.49. The molecule has 0 aliphatic rings. The van der Waals surface area contributed by atoms with Crippen LogP contribution in [0.3, 0.4) is 0 Å². The number of hydrogen-bond acceptors (Lipinski definition) is 3. The van der Waals surface area contributed by atoms with Crippen LogP contribution in [0.5, 0.6) is 0 Å². The molecule has 1 aromatic heterocycles. The quantitative estimate of drug-likeness (QED) is 0.930. The molecule has 0 aliphatic heterocycles. The van der Waals surface area contributed by atoms with Gasteiger partial charge in [0.15, 0.2) is 0 Å². The third-order valence-electron chi connectivity index (χ3n) is 2.68. The van der Waals surface area contributed by atoms with E-state index in [9.17, 15) is 18.3 Å². The van der Waals surface area contributed by atoms with Gasteiger partial charge in [0.05, 0.1) is 17.4 Å². The molecule has 0 amide bonds. The topological polar surface area (TPSA) is 50.9 Å². The van der Waals surface area contributed by atoms with E-state index >= 15 is 0 Å². The molecule has 0 saturated heterocycles. The summed E-state index contributed by atoms with van der Waals surface area (Å²) in [5.41, 5.74) is -0.543. The van der Waals surface area contributed by atoms with Crippen molar-refractivity contribution in [2.75, 3.05) is 0 Å². The van der Waals surface area contributed by atoms with Gasteiger partial charge < -0.3 is 5.11 Å². The summed E-state index contributed by atoms with van der Waals surface area (Å²) in [4.78, 5) is 0. The first-order chi connectivity index (χ1) is 8.88. The Balaban J connectivity index is 2.26. The highest BCUT2D eigenvalue weighted by Crippen LogP contribution is 2.35. The van der Waals surface area contributed by atoms with E-state index in [4.69, 9.17) is 0 Å². The average molecular weight is 271 g/mol. The third-order valence-corrected chi connectivity index (χ3v) is 2.68. The molecule has 4 nitrogen and oxygen atoms in total. The normalized spacial score (nSPS) is 13.5. The van der Waals surface area contributed by atoms with Gasteiger partial charge in [-0.05, 0) is 11.6 Å². The zero-order valence-corrected chi connectivity index (χ0v) is 10.1. The number of benzene rings is 1. The summed E-state index contributed by atoms with van der Waals surface area (Å²) in [6.07, 6.45) is -4.21. The molecule has 2 rings (SSSR count). The van der Waals surface area contributed by atoms with E-state index in [1.165, 1.54) is 22.9 Å². The largest absolute Gasteiger partial charge is 0.416 e. The summed E-state index contributed by atoms with van der Waals surface area (Å²) in [5.74, 6) is 0. The lowest BCUT2D eigenvalue weighted by Gasteiger charge is -2.16. The van der Waals surface area contributed by atoms with Crippen molar-refractivity contribution in [2.45, 2.75) is 18.7 Å². The van der Waals surface area contributed by atoms with Crippen molar-refractivity contribution >= 4 is 0 Å². The molecular weight excluding hydrogens is 259 g/mol. The van der Waals surface area contributed by atoms with Crippen LogP contribution in [0, 0.1) is 0 Å². The van der Waals surface area contributed by atoms with Crippen molar-refractivity contribution in [1.82, 2.24) is 15.0 Å². The first-order valence-corrected chi connectivity index (χ1v) is 5.57. The summed E-state index contributed by atoms with van der Waals surface area (Å²) in [5, 5.41) is 17.4.